The Hall–Kier alpha value is -2.98. The van der Waals surface area contributed by atoms with Crippen LogP contribution in [0.15, 0.2) is 65.6 Å². The second kappa shape index (κ2) is 14.5. The first-order valence-corrected chi connectivity index (χ1v) is 16.0. The van der Waals surface area contributed by atoms with Gasteiger partial charge in [-0.3, -0.25) is 9.62 Å². The van der Waals surface area contributed by atoms with Crippen molar-refractivity contribution in [3.63, 3.8) is 0 Å². The van der Waals surface area contributed by atoms with Crippen molar-refractivity contribution >= 4 is 15.7 Å². The lowest BCUT2D eigenvalue weighted by molar-refractivity contribution is 0.0644. The van der Waals surface area contributed by atoms with Gasteiger partial charge in [-0.05, 0) is 64.8 Å². The van der Waals surface area contributed by atoms with Crippen LogP contribution in [0.3, 0.4) is 0 Å². The smallest absolute Gasteiger partial charge is 0.261 e. The summed E-state index contributed by atoms with van der Waals surface area (Å²) in [5, 5.41) is 0. The lowest BCUT2D eigenvalue weighted by Gasteiger charge is -2.29. The Morgan fingerprint density at radius 2 is 1.71 bits per heavy atom. The summed E-state index contributed by atoms with van der Waals surface area (Å²) in [5.41, 5.74) is 4.81. The van der Waals surface area contributed by atoms with Crippen LogP contribution in [0.25, 0.3) is 0 Å². The zero-order valence-electron chi connectivity index (χ0n) is 25.1. The lowest BCUT2D eigenvalue weighted by Crippen LogP contribution is -2.32. The molecule has 7 nitrogen and oxygen atoms in total. The van der Waals surface area contributed by atoms with Crippen LogP contribution in [0.1, 0.15) is 49.4 Å². The van der Waals surface area contributed by atoms with Crippen molar-refractivity contribution in [1.82, 2.24) is 4.90 Å². The number of benzene rings is 3. The first kappa shape index (κ1) is 31.9. The van der Waals surface area contributed by atoms with Gasteiger partial charge in [0, 0.05) is 45.8 Å². The van der Waals surface area contributed by atoms with Gasteiger partial charge in [-0.1, -0.05) is 51.1 Å². The van der Waals surface area contributed by atoms with E-state index in [4.69, 9.17) is 14.2 Å². The van der Waals surface area contributed by atoms with Gasteiger partial charge >= 0.3 is 0 Å². The summed E-state index contributed by atoms with van der Waals surface area (Å²) in [4.78, 5) is 2.53. The number of hydrogen-bond acceptors (Lipinski definition) is 6. The Bertz CT molecular complexity index is 1420. The van der Waals surface area contributed by atoms with Gasteiger partial charge in [-0.15, -0.1) is 0 Å². The summed E-state index contributed by atoms with van der Waals surface area (Å²) in [6.07, 6.45) is 2.37. The molecule has 0 saturated carbocycles. The van der Waals surface area contributed by atoms with Gasteiger partial charge in [-0.2, -0.15) is 0 Å². The molecule has 0 bridgehead atoms. The number of fused-ring (bicyclic) bond motifs is 1. The van der Waals surface area contributed by atoms with Gasteiger partial charge in [0.1, 0.15) is 5.75 Å². The van der Waals surface area contributed by atoms with Crippen LogP contribution in [0.2, 0.25) is 0 Å². The summed E-state index contributed by atoms with van der Waals surface area (Å²) < 4.78 is 59.2. The average molecular weight is 599 g/mol. The van der Waals surface area contributed by atoms with E-state index in [0.717, 1.165) is 43.6 Å². The second-order valence-electron chi connectivity index (χ2n) is 11.7. The molecule has 1 heterocycles. The first-order chi connectivity index (χ1) is 20.0. The fourth-order valence-corrected chi connectivity index (χ4v) is 5.99. The number of anilines is 1. The minimum absolute atomic E-state index is 0.121. The molecule has 0 aliphatic carbocycles. The minimum atomic E-state index is -3.96. The number of ether oxygens (including phenoxy) is 3. The van der Waals surface area contributed by atoms with Gasteiger partial charge in [0.25, 0.3) is 10.0 Å². The molecule has 4 rings (SSSR count). The highest BCUT2D eigenvalue weighted by Gasteiger charge is 2.22. The van der Waals surface area contributed by atoms with Gasteiger partial charge in [0.05, 0.1) is 30.4 Å². The quantitative estimate of drug-likeness (QED) is 0.231. The molecule has 1 N–H and O–H groups in total. The number of halogens is 1. The topological polar surface area (TPSA) is 77.1 Å². The maximum atomic E-state index is 14.7. The molecule has 0 fully saturated rings. The number of hydrogen-bond donors (Lipinski definition) is 1. The first-order valence-electron chi connectivity index (χ1n) is 14.5. The molecule has 9 heteroatoms. The van der Waals surface area contributed by atoms with Crippen molar-refractivity contribution < 1.29 is 27.0 Å². The largest absolute Gasteiger partial charge is 0.493 e. The van der Waals surface area contributed by atoms with Crippen LogP contribution in [-0.2, 0) is 44.3 Å². The van der Waals surface area contributed by atoms with Crippen molar-refractivity contribution in [3.05, 3.63) is 88.7 Å². The van der Waals surface area contributed by atoms with Crippen LogP contribution in [-0.4, -0.2) is 59.9 Å². The van der Waals surface area contributed by atoms with E-state index in [9.17, 15) is 12.8 Å². The zero-order valence-corrected chi connectivity index (χ0v) is 25.9. The van der Waals surface area contributed by atoms with Crippen LogP contribution in [0.4, 0.5) is 10.1 Å². The number of methoxy groups -OCH3 is 1. The molecule has 3 aromatic rings. The maximum Gasteiger partial charge on any atom is 0.261 e. The molecule has 0 radical (unpaired) electrons. The van der Waals surface area contributed by atoms with Crippen LogP contribution < -0.4 is 9.46 Å². The fourth-order valence-electron chi connectivity index (χ4n) is 4.87. The van der Waals surface area contributed by atoms with E-state index in [2.05, 4.69) is 54.7 Å². The van der Waals surface area contributed by atoms with E-state index in [1.807, 2.05) is 6.07 Å². The van der Waals surface area contributed by atoms with Gasteiger partial charge in [0.2, 0.25) is 0 Å². The summed E-state index contributed by atoms with van der Waals surface area (Å²) >= 11 is 0. The van der Waals surface area contributed by atoms with Crippen molar-refractivity contribution in [2.24, 2.45) is 0 Å². The third-order valence-electron chi connectivity index (χ3n) is 7.43. The van der Waals surface area contributed by atoms with E-state index in [1.165, 1.54) is 23.3 Å². The fraction of sp³-hybridized carbons (Fsp3) is 0.455. The molecule has 1 aliphatic rings. The average Bonchev–Trinajstić information content (AvgIpc) is 2.96. The maximum absolute atomic E-state index is 14.7. The summed E-state index contributed by atoms with van der Waals surface area (Å²) in [6, 6.07) is 18.2. The van der Waals surface area contributed by atoms with Crippen LogP contribution in [0.5, 0.6) is 5.75 Å². The molecule has 0 saturated heterocycles. The molecule has 0 amide bonds. The van der Waals surface area contributed by atoms with Crippen molar-refractivity contribution in [2.75, 3.05) is 51.3 Å². The Balaban J connectivity index is 1.29. The van der Waals surface area contributed by atoms with Gasteiger partial charge < -0.3 is 14.2 Å². The highest BCUT2D eigenvalue weighted by molar-refractivity contribution is 7.92. The monoisotopic (exact) mass is 598 g/mol. The zero-order chi connectivity index (χ0) is 30.2. The van der Waals surface area contributed by atoms with Crippen LogP contribution >= 0.6 is 0 Å². The molecule has 0 spiro atoms. The third-order valence-corrected chi connectivity index (χ3v) is 8.80. The number of rotatable bonds is 14. The standard InChI is InChI=1S/C33H43FN2O5S/c1-33(2,3)28-9-6-25(7-10-28)14-16-36-17-15-26-22-30(12-8-27(26)24-36)42(37,38)35-32-13-11-29(23-31(32)34)41-19-5-18-40-21-20-39-4/h6-13,22-23,35H,5,14-21,24H2,1-4H3. The molecule has 42 heavy (non-hydrogen) atoms. The number of nitrogens with zero attached hydrogens (tertiary/aromatic N) is 1. The molecule has 0 unspecified atom stereocenters. The summed E-state index contributed by atoms with van der Waals surface area (Å²) in [5.74, 6) is -0.373. The summed E-state index contributed by atoms with van der Waals surface area (Å²) in [7, 11) is -2.35. The SMILES string of the molecule is COCCOCCCOc1ccc(NS(=O)(=O)c2ccc3c(c2)CCN(CCc2ccc(C(C)(C)C)cc2)C3)c(F)c1. The Kier molecular flexibility index (Phi) is 11.0. The third kappa shape index (κ3) is 9.01. The minimum Gasteiger partial charge on any atom is -0.493 e. The number of sulfonamides is 1. The van der Waals surface area contributed by atoms with E-state index >= 15 is 0 Å². The van der Waals surface area contributed by atoms with E-state index < -0.39 is 15.8 Å². The molecule has 228 valence electrons. The lowest BCUT2D eigenvalue weighted by atomic mass is 9.86. The molecular weight excluding hydrogens is 555 g/mol. The highest BCUT2D eigenvalue weighted by atomic mass is 32.2. The van der Waals surface area contributed by atoms with E-state index in [-0.39, 0.29) is 16.0 Å². The van der Waals surface area contributed by atoms with Crippen molar-refractivity contribution in [2.45, 2.75) is 56.9 Å². The summed E-state index contributed by atoms with van der Waals surface area (Å²) in [6.45, 7) is 11.1. The molecule has 3 aromatic carbocycles. The van der Waals surface area contributed by atoms with Crippen LogP contribution in [0, 0.1) is 5.82 Å². The van der Waals surface area contributed by atoms with Gasteiger partial charge in [-0.25, -0.2) is 12.8 Å². The van der Waals surface area contributed by atoms with Crippen molar-refractivity contribution in [3.8, 4) is 5.75 Å². The predicted octanol–water partition coefficient (Wildman–Crippen LogP) is 5.96. The Labute approximate surface area is 250 Å². The second-order valence-corrected chi connectivity index (χ2v) is 13.4. The molecule has 0 aromatic heterocycles. The van der Waals surface area contributed by atoms with E-state index in [0.29, 0.717) is 38.6 Å². The van der Waals surface area contributed by atoms with E-state index in [1.54, 1.807) is 25.3 Å². The molecular formula is C33H43FN2O5S. The highest BCUT2D eigenvalue weighted by Crippen LogP contribution is 2.27. The Morgan fingerprint density at radius 1 is 0.929 bits per heavy atom. The van der Waals surface area contributed by atoms with Gasteiger partial charge in [0.15, 0.2) is 5.82 Å². The van der Waals surface area contributed by atoms with Crippen molar-refractivity contribution in [1.29, 1.82) is 0 Å². The Morgan fingerprint density at radius 3 is 2.43 bits per heavy atom. The molecule has 0 atom stereocenters. The molecule has 1 aliphatic heterocycles. The predicted molar refractivity (Wildman–Crippen MR) is 164 cm³/mol. The normalized spacial score (nSPS) is 14.0. The number of nitrogens with one attached hydrogen (secondary N) is 1.